The van der Waals surface area contributed by atoms with E-state index in [-0.39, 0.29) is 5.97 Å². The van der Waals surface area contributed by atoms with Crippen molar-refractivity contribution >= 4 is 5.97 Å². The van der Waals surface area contributed by atoms with Gasteiger partial charge in [0, 0.05) is 6.42 Å². The fourth-order valence-electron chi connectivity index (χ4n) is 8.45. The SMILES string of the molecule is C=COC(=O)CCCCCCCCCCCCCCCCCCCCCCCCCCCCCCCCCCCCCCCCCCCCCCCCC. The van der Waals surface area contributed by atoms with Crippen molar-refractivity contribution in [2.24, 2.45) is 0 Å². The smallest absolute Gasteiger partial charge is 0.310 e. The van der Waals surface area contributed by atoms with Gasteiger partial charge in [0.25, 0.3) is 0 Å². The van der Waals surface area contributed by atoms with Crippen molar-refractivity contribution in [3.63, 3.8) is 0 Å². The second kappa shape index (κ2) is 50.2. The molecule has 2 nitrogen and oxygen atoms in total. The number of carbonyl (C=O) groups is 1. The van der Waals surface area contributed by atoms with Crippen LogP contribution in [0.3, 0.4) is 0 Å². The van der Waals surface area contributed by atoms with Crippen LogP contribution in [0.1, 0.15) is 315 Å². The Balaban J connectivity index is 3.07. The molecule has 0 heterocycles. The van der Waals surface area contributed by atoms with Crippen LogP contribution in [-0.2, 0) is 9.53 Å². The summed E-state index contributed by atoms with van der Waals surface area (Å²) < 4.78 is 4.75. The minimum absolute atomic E-state index is 0.141. The van der Waals surface area contributed by atoms with Crippen LogP contribution < -0.4 is 0 Å². The number of ether oxygens (including phenoxy) is 1. The molecular weight excluding hydrogens is 657 g/mol. The zero-order valence-electron chi connectivity index (χ0n) is 37.5. The van der Waals surface area contributed by atoms with E-state index in [9.17, 15) is 4.79 Å². The van der Waals surface area contributed by atoms with Crippen molar-refractivity contribution in [3.05, 3.63) is 12.8 Å². The molecule has 0 N–H and O–H groups in total. The second-order valence-corrected chi connectivity index (χ2v) is 17.7. The molecule has 0 radical (unpaired) electrons. The molecule has 0 aromatic carbocycles. The molecule has 0 amide bonds. The molecule has 2 heteroatoms. The summed E-state index contributed by atoms with van der Waals surface area (Å²) >= 11 is 0. The first-order valence-corrected chi connectivity index (χ1v) is 25.6. The van der Waals surface area contributed by atoms with E-state index in [0.29, 0.717) is 6.42 Å². The zero-order valence-corrected chi connectivity index (χ0v) is 37.5. The van der Waals surface area contributed by atoms with Crippen LogP contribution in [0.4, 0.5) is 0 Å². The topological polar surface area (TPSA) is 26.3 Å². The van der Waals surface area contributed by atoms with Gasteiger partial charge in [-0.3, -0.25) is 4.79 Å². The van der Waals surface area contributed by atoms with Gasteiger partial charge in [0.2, 0.25) is 0 Å². The molecule has 0 atom stereocenters. The Kier molecular flexibility index (Phi) is 49.5. The maximum atomic E-state index is 11.3. The van der Waals surface area contributed by atoms with Crippen molar-refractivity contribution in [1.29, 1.82) is 0 Å². The third-order valence-electron chi connectivity index (χ3n) is 12.2. The third kappa shape index (κ3) is 49.2. The Morgan fingerprint density at radius 3 is 0.593 bits per heavy atom. The van der Waals surface area contributed by atoms with Gasteiger partial charge in [0.05, 0.1) is 6.26 Å². The summed E-state index contributed by atoms with van der Waals surface area (Å²) in [6.07, 6.45) is 69.6. The summed E-state index contributed by atoms with van der Waals surface area (Å²) in [6.45, 7) is 5.73. The molecule has 0 aliphatic heterocycles. The highest BCUT2D eigenvalue weighted by molar-refractivity contribution is 5.69. The predicted molar refractivity (Wildman–Crippen MR) is 244 cm³/mol. The Morgan fingerprint density at radius 2 is 0.444 bits per heavy atom. The van der Waals surface area contributed by atoms with Crippen LogP contribution in [0.25, 0.3) is 0 Å². The lowest BCUT2D eigenvalue weighted by molar-refractivity contribution is -0.138. The summed E-state index contributed by atoms with van der Waals surface area (Å²) in [5, 5.41) is 0. The maximum absolute atomic E-state index is 11.3. The number of hydrogen-bond donors (Lipinski definition) is 0. The molecule has 0 unspecified atom stereocenters. The molecule has 0 aliphatic carbocycles. The molecule has 0 saturated heterocycles. The van der Waals surface area contributed by atoms with Crippen molar-refractivity contribution in [2.45, 2.75) is 315 Å². The van der Waals surface area contributed by atoms with Gasteiger partial charge in [-0.2, -0.15) is 0 Å². The fourth-order valence-corrected chi connectivity index (χ4v) is 8.45. The maximum Gasteiger partial charge on any atom is 0.310 e. The van der Waals surface area contributed by atoms with Crippen molar-refractivity contribution in [1.82, 2.24) is 0 Å². The van der Waals surface area contributed by atoms with E-state index in [1.165, 1.54) is 295 Å². The van der Waals surface area contributed by atoms with Crippen LogP contribution in [0.5, 0.6) is 0 Å². The van der Waals surface area contributed by atoms with Gasteiger partial charge in [0.1, 0.15) is 0 Å². The van der Waals surface area contributed by atoms with Crippen molar-refractivity contribution < 1.29 is 9.53 Å². The number of carbonyl (C=O) groups excluding carboxylic acids is 1. The molecule has 54 heavy (non-hydrogen) atoms. The van der Waals surface area contributed by atoms with Crippen molar-refractivity contribution in [2.75, 3.05) is 0 Å². The van der Waals surface area contributed by atoms with E-state index in [0.717, 1.165) is 12.8 Å². The van der Waals surface area contributed by atoms with Gasteiger partial charge in [-0.25, -0.2) is 0 Å². The van der Waals surface area contributed by atoms with Crippen LogP contribution in [0, 0.1) is 0 Å². The first kappa shape index (κ1) is 53.2. The molecule has 0 aromatic rings. The Bertz CT molecular complexity index is 686. The van der Waals surface area contributed by atoms with Crippen LogP contribution in [-0.4, -0.2) is 5.97 Å². The van der Waals surface area contributed by atoms with Gasteiger partial charge < -0.3 is 4.74 Å². The number of esters is 1. The standard InChI is InChI=1S/C52H102O2/c1-3-5-6-7-8-9-10-11-12-13-14-15-16-17-18-19-20-21-22-23-24-25-26-27-28-29-30-31-32-33-34-35-36-37-38-39-40-41-42-43-44-45-46-47-48-49-50-51-52(53)54-4-2/h4H,2-3,5-51H2,1H3. The van der Waals surface area contributed by atoms with Gasteiger partial charge >= 0.3 is 5.97 Å². The number of unbranched alkanes of at least 4 members (excludes halogenated alkanes) is 46. The molecular formula is C52H102O2. The van der Waals surface area contributed by atoms with E-state index in [1.807, 2.05) is 0 Å². The fraction of sp³-hybridized carbons (Fsp3) is 0.942. The highest BCUT2D eigenvalue weighted by Gasteiger charge is 2.01. The molecule has 0 aliphatic rings. The summed E-state index contributed by atoms with van der Waals surface area (Å²) in [6, 6.07) is 0. The Labute approximate surface area is 342 Å². The van der Waals surface area contributed by atoms with Crippen LogP contribution in [0.2, 0.25) is 0 Å². The summed E-state index contributed by atoms with van der Waals surface area (Å²) in [4.78, 5) is 11.3. The van der Waals surface area contributed by atoms with Crippen LogP contribution in [0.15, 0.2) is 12.8 Å². The molecule has 0 aromatic heterocycles. The highest BCUT2D eigenvalue weighted by atomic mass is 16.5. The van der Waals surface area contributed by atoms with Gasteiger partial charge in [-0.05, 0) is 6.42 Å². The average molecular weight is 759 g/mol. The molecule has 0 rings (SSSR count). The zero-order chi connectivity index (χ0) is 38.9. The molecule has 0 fully saturated rings. The van der Waals surface area contributed by atoms with E-state index in [4.69, 9.17) is 4.74 Å². The molecule has 0 saturated carbocycles. The van der Waals surface area contributed by atoms with E-state index < -0.39 is 0 Å². The van der Waals surface area contributed by atoms with Crippen molar-refractivity contribution in [3.8, 4) is 0 Å². The lowest BCUT2D eigenvalue weighted by Gasteiger charge is -2.05. The first-order chi connectivity index (χ1) is 26.8. The normalized spacial score (nSPS) is 11.4. The quantitative estimate of drug-likeness (QED) is 0.0351. The lowest BCUT2D eigenvalue weighted by Crippen LogP contribution is -1.98. The largest absolute Gasteiger partial charge is 0.435 e. The molecule has 322 valence electrons. The number of rotatable bonds is 49. The number of hydrogen-bond acceptors (Lipinski definition) is 2. The van der Waals surface area contributed by atoms with Crippen LogP contribution >= 0.6 is 0 Å². The first-order valence-electron chi connectivity index (χ1n) is 25.6. The minimum Gasteiger partial charge on any atom is -0.435 e. The average Bonchev–Trinajstić information content (AvgIpc) is 3.17. The third-order valence-corrected chi connectivity index (χ3v) is 12.2. The lowest BCUT2D eigenvalue weighted by atomic mass is 10.0. The van der Waals surface area contributed by atoms with E-state index in [1.54, 1.807) is 0 Å². The molecule has 0 spiro atoms. The second-order valence-electron chi connectivity index (χ2n) is 17.7. The monoisotopic (exact) mass is 759 g/mol. The molecule has 0 bridgehead atoms. The van der Waals surface area contributed by atoms with Gasteiger partial charge in [0.15, 0.2) is 0 Å². The Hall–Kier alpha value is -0.790. The highest BCUT2D eigenvalue weighted by Crippen LogP contribution is 2.18. The minimum atomic E-state index is -0.141. The van der Waals surface area contributed by atoms with Gasteiger partial charge in [-0.15, -0.1) is 0 Å². The Morgan fingerprint density at radius 1 is 0.296 bits per heavy atom. The summed E-state index contributed by atoms with van der Waals surface area (Å²) in [7, 11) is 0. The van der Waals surface area contributed by atoms with E-state index in [2.05, 4.69) is 13.5 Å². The summed E-state index contributed by atoms with van der Waals surface area (Å²) in [5.74, 6) is -0.141. The van der Waals surface area contributed by atoms with Gasteiger partial charge in [-0.1, -0.05) is 309 Å². The summed E-state index contributed by atoms with van der Waals surface area (Å²) in [5.41, 5.74) is 0. The van der Waals surface area contributed by atoms with E-state index >= 15 is 0 Å². The predicted octanol–water partition coefficient (Wildman–Crippen LogP) is 19.4.